The van der Waals surface area contributed by atoms with Crippen molar-refractivity contribution in [2.45, 2.75) is 32.6 Å². The van der Waals surface area contributed by atoms with Crippen LogP contribution in [0.15, 0.2) is 36.4 Å². The highest BCUT2D eigenvalue weighted by molar-refractivity contribution is 7.22. The number of nitrogens with one attached hydrogen (secondary N) is 2. The average molecular weight is 409 g/mol. The van der Waals surface area contributed by atoms with Crippen LogP contribution in [0.4, 0.5) is 18.3 Å². The minimum atomic E-state index is -4.34. The summed E-state index contributed by atoms with van der Waals surface area (Å²) in [7, 11) is 1.65. The summed E-state index contributed by atoms with van der Waals surface area (Å²) in [5.74, 6) is 0.829. The molecule has 0 bridgehead atoms. The topological polar surface area (TPSA) is 46.2 Å². The number of halogens is 3. The van der Waals surface area contributed by atoms with E-state index < -0.39 is 11.7 Å². The molecule has 0 aliphatic carbocycles. The van der Waals surface area contributed by atoms with E-state index in [1.54, 1.807) is 7.11 Å². The Morgan fingerprint density at radius 2 is 1.96 bits per heavy atom. The number of aromatic nitrogens is 1. The third-order valence-corrected chi connectivity index (χ3v) is 5.25. The lowest BCUT2D eigenvalue weighted by Crippen LogP contribution is -2.32. The van der Waals surface area contributed by atoms with E-state index >= 15 is 0 Å². The van der Waals surface area contributed by atoms with Gasteiger partial charge in [-0.25, -0.2) is 4.98 Å². The minimum Gasteiger partial charge on any atom is -0.497 e. The fourth-order valence-corrected chi connectivity index (χ4v) is 3.74. The molecule has 0 fully saturated rings. The van der Waals surface area contributed by atoms with Crippen molar-refractivity contribution in [3.8, 4) is 5.75 Å². The average Bonchev–Trinajstić information content (AvgIpc) is 3.05. The number of rotatable bonds is 7. The highest BCUT2D eigenvalue weighted by Crippen LogP contribution is 2.34. The summed E-state index contributed by atoms with van der Waals surface area (Å²) in [4.78, 5) is 4.36. The van der Waals surface area contributed by atoms with E-state index in [1.807, 2.05) is 26.0 Å². The van der Waals surface area contributed by atoms with Crippen molar-refractivity contribution in [3.05, 3.63) is 53.1 Å². The van der Waals surface area contributed by atoms with Crippen molar-refractivity contribution >= 4 is 26.7 Å². The maximum absolute atomic E-state index is 12.8. The van der Waals surface area contributed by atoms with Gasteiger partial charge in [-0.15, -0.1) is 0 Å². The number of aryl methyl sites for hydroxylation is 1. The van der Waals surface area contributed by atoms with E-state index in [0.717, 1.165) is 29.0 Å². The predicted octanol–water partition coefficient (Wildman–Crippen LogP) is 5.22. The Morgan fingerprint density at radius 3 is 2.68 bits per heavy atom. The van der Waals surface area contributed by atoms with Gasteiger partial charge in [0.05, 0.1) is 22.9 Å². The molecule has 0 aliphatic heterocycles. The van der Waals surface area contributed by atoms with Crippen molar-refractivity contribution < 1.29 is 17.9 Å². The number of anilines is 1. The van der Waals surface area contributed by atoms with Crippen LogP contribution in [0.1, 0.15) is 23.6 Å². The van der Waals surface area contributed by atoms with E-state index in [2.05, 4.69) is 21.7 Å². The third kappa shape index (κ3) is 5.14. The van der Waals surface area contributed by atoms with Crippen LogP contribution in [-0.4, -0.2) is 24.7 Å². The van der Waals surface area contributed by atoms with Gasteiger partial charge < -0.3 is 15.4 Å². The summed E-state index contributed by atoms with van der Waals surface area (Å²) in [6.07, 6.45) is -4.34. The smallest absolute Gasteiger partial charge is 0.416 e. The van der Waals surface area contributed by atoms with Gasteiger partial charge in [-0.05, 0) is 55.3 Å². The van der Waals surface area contributed by atoms with Crippen molar-refractivity contribution in [2.75, 3.05) is 19.0 Å². The molecule has 2 aromatic carbocycles. The largest absolute Gasteiger partial charge is 0.497 e. The van der Waals surface area contributed by atoms with Gasteiger partial charge in [-0.1, -0.05) is 17.4 Å². The Kier molecular flexibility index (Phi) is 6.10. The number of methoxy groups -OCH3 is 1. The molecule has 0 saturated heterocycles. The number of thiazole rings is 1. The van der Waals surface area contributed by atoms with Gasteiger partial charge in [0.15, 0.2) is 5.13 Å². The van der Waals surface area contributed by atoms with Crippen molar-refractivity contribution in [3.63, 3.8) is 0 Å². The zero-order valence-corrected chi connectivity index (χ0v) is 16.7. The molecule has 0 saturated carbocycles. The first-order valence-corrected chi connectivity index (χ1v) is 9.66. The molecular weight excluding hydrogens is 387 g/mol. The quantitative estimate of drug-likeness (QED) is 0.562. The standard InChI is InChI=1S/C20H22F3N3OS/c1-12-6-14(8-16(7-12)27-3)11-24-13(2)10-25-19-26-17-5-4-15(20(21,22)23)9-18(17)28-19/h4-9,13,24H,10-11H2,1-3H3,(H,25,26). The van der Waals surface area contributed by atoms with Crippen molar-refractivity contribution in [2.24, 2.45) is 0 Å². The van der Waals surface area contributed by atoms with Crippen LogP contribution >= 0.6 is 11.3 Å². The summed E-state index contributed by atoms with van der Waals surface area (Å²) < 4.78 is 44.3. The van der Waals surface area contributed by atoms with Crippen LogP contribution in [0, 0.1) is 6.92 Å². The second-order valence-corrected chi connectivity index (χ2v) is 7.75. The summed E-state index contributed by atoms with van der Waals surface area (Å²) in [6.45, 7) is 5.36. The van der Waals surface area contributed by atoms with Crippen LogP contribution < -0.4 is 15.4 Å². The monoisotopic (exact) mass is 409 g/mol. The fraction of sp³-hybridized carbons (Fsp3) is 0.350. The summed E-state index contributed by atoms with van der Waals surface area (Å²) in [6, 6.07) is 9.83. The summed E-state index contributed by atoms with van der Waals surface area (Å²) in [5.41, 5.74) is 2.17. The number of fused-ring (bicyclic) bond motifs is 1. The van der Waals surface area contributed by atoms with Crippen LogP contribution in [0.25, 0.3) is 10.2 Å². The van der Waals surface area contributed by atoms with Gasteiger partial charge in [0.25, 0.3) is 0 Å². The summed E-state index contributed by atoms with van der Waals surface area (Å²) in [5, 5.41) is 7.23. The first-order valence-electron chi connectivity index (χ1n) is 8.84. The maximum atomic E-state index is 12.8. The first-order chi connectivity index (χ1) is 13.2. The second-order valence-electron chi connectivity index (χ2n) is 6.72. The SMILES string of the molecule is COc1cc(C)cc(CNC(C)CNc2nc3ccc(C(F)(F)F)cc3s2)c1. The molecule has 8 heteroatoms. The Hall–Kier alpha value is -2.32. The van der Waals surface area contributed by atoms with Crippen molar-refractivity contribution in [1.29, 1.82) is 0 Å². The zero-order valence-electron chi connectivity index (χ0n) is 15.9. The van der Waals surface area contributed by atoms with Gasteiger partial charge in [-0.3, -0.25) is 0 Å². The molecule has 3 aromatic rings. The molecule has 0 radical (unpaired) electrons. The minimum absolute atomic E-state index is 0.143. The highest BCUT2D eigenvalue weighted by Gasteiger charge is 2.30. The number of ether oxygens (including phenoxy) is 1. The van der Waals surface area contributed by atoms with E-state index in [1.165, 1.54) is 17.4 Å². The van der Waals surface area contributed by atoms with Gasteiger partial charge >= 0.3 is 6.18 Å². The van der Waals surface area contributed by atoms with Crippen LogP contribution in [-0.2, 0) is 12.7 Å². The molecule has 28 heavy (non-hydrogen) atoms. The lowest BCUT2D eigenvalue weighted by molar-refractivity contribution is -0.137. The van der Waals surface area contributed by atoms with E-state index in [-0.39, 0.29) is 6.04 Å². The Bertz CT molecular complexity index is 956. The van der Waals surface area contributed by atoms with Gasteiger partial charge in [0.1, 0.15) is 5.75 Å². The molecule has 1 atom stereocenters. The molecule has 3 rings (SSSR count). The highest BCUT2D eigenvalue weighted by atomic mass is 32.1. The molecule has 1 heterocycles. The van der Waals surface area contributed by atoms with Crippen LogP contribution in [0.5, 0.6) is 5.75 Å². The number of benzene rings is 2. The fourth-order valence-electron chi connectivity index (χ4n) is 2.83. The third-order valence-electron chi connectivity index (χ3n) is 4.28. The Morgan fingerprint density at radius 1 is 1.18 bits per heavy atom. The van der Waals surface area contributed by atoms with Crippen LogP contribution in [0.3, 0.4) is 0 Å². The molecule has 0 aliphatic rings. The lowest BCUT2D eigenvalue weighted by atomic mass is 10.1. The molecular formula is C20H22F3N3OS. The molecule has 2 N–H and O–H groups in total. The molecule has 0 amide bonds. The number of hydrogen-bond donors (Lipinski definition) is 2. The number of nitrogens with zero attached hydrogens (tertiary/aromatic N) is 1. The molecule has 4 nitrogen and oxygen atoms in total. The van der Waals surface area contributed by atoms with Crippen molar-refractivity contribution in [1.82, 2.24) is 10.3 Å². The Labute approximate surface area is 165 Å². The van der Waals surface area contributed by atoms with Crippen LogP contribution in [0.2, 0.25) is 0 Å². The molecule has 0 spiro atoms. The Balaban J connectivity index is 1.57. The second kappa shape index (κ2) is 8.36. The van der Waals surface area contributed by atoms with Gasteiger partial charge in [0, 0.05) is 19.1 Å². The molecule has 1 unspecified atom stereocenters. The first kappa shape index (κ1) is 20.4. The predicted molar refractivity (Wildman–Crippen MR) is 107 cm³/mol. The zero-order chi connectivity index (χ0) is 20.3. The lowest BCUT2D eigenvalue weighted by Gasteiger charge is -2.15. The molecule has 1 aromatic heterocycles. The summed E-state index contributed by atoms with van der Waals surface area (Å²) >= 11 is 1.22. The van der Waals surface area contributed by atoms with E-state index in [0.29, 0.717) is 28.4 Å². The number of alkyl halides is 3. The normalized spacial score (nSPS) is 12.9. The molecule has 150 valence electrons. The van der Waals surface area contributed by atoms with Gasteiger partial charge in [0.2, 0.25) is 0 Å². The van der Waals surface area contributed by atoms with E-state index in [4.69, 9.17) is 4.74 Å². The van der Waals surface area contributed by atoms with E-state index in [9.17, 15) is 13.2 Å². The maximum Gasteiger partial charge on any atom is 0.416 e. The number of hydrogen-bond acceptors (Lipinski definition) is 5. The van der Waals surface area contributed by atoms with Gasteiger partial charge in [-0.2, -0.15) is 13.2 Å².